The molecule has 7 nitrogen and oxygen atoms in total. The molecule has 2 aromatic carbocycles. The smallest absolute Gasteiger partial charge is 0.280 e. The van der Waals surface area contributed by atoms with Crippen molar-refractivity contribution >= 4 is 54.9 Å². The molecule has 0 radical (unpaired) electrons. The summed E-state index contributed by atoms with van der Waals surface area (Å²) in [5.41, 5.74) is 11.0. The molecule has 3 aromatic rings. The fraction of sp³-hybridized carbons (Fsp3) is 0.333. The summed E-state index contributed by atoms with van der Waals surface area (Å²) in [7, 11) is -1.59. The van der Waals surface area contributed by atoms with Gasteiger partial charge in [-0.15, -0.1) is 4.21 Å². The van der Waals surface area contributed by atoms with Crippen LogP contribution in [0.1, 0.15) is 18.9 Å². The second kappa shape index (κ2) is 9.38. The number of thiol groups is 1. The summed E-state index contributed by atoms with van der Waals surface area (Å²) in [4.78, 5) is 20.5. The third kappa shape index (κ3) is 4.85. The van der Waals surface area contributed by atoms with Crippen molar-refractivity contribution in [3.63, 3.8) is 0 Å². The summed E-state index contributed by atoms with van der Waals surface area (Å²) < 4.78 is 14.6. The molecule has 4 rings (SSSR count). The molecule has 2 unspecified atom stereocenters. The predicted molar refractivity (Wildman–Crippen MR) is 130 cm³/mol. The number of hydrogen-bond donors (Lipinski definition) is 2. The zero-order chi connectivity index (χ0) is 22.1. The molecule has 0 saturated carbocycles. The second-order valence-electron chi connectivity index (χ2n) is 7.63. The van der Waals surface area contributed by atoms with Gasteiger partial charge in [0.1, 0.15) is 28.6 Å². The molecular formula is C21H24BrClN5O2S+. The van der Waals surface area contributed by atoms with E-state index in [-0.39, 0.29) is 11.6 Å². The van der Waals surface area contributed by atoms with Crippen LogP contribution >= 0.6 is 27.5 Å². The summed E-state index contributed by atoms with van der Waals surface area (Å²) in [5, 5.41) is 0.966. The van der Waals surface area contributed by atoms with Crippen LogP contribution in [0.3, 0.4) is 0 Å². The van der Waals surface area contributed by atoms with Gasteiger partial charge in [0.25, 0.3) is 5.56 Å². The summed E-state index contributed by atoms with van der Waals surface area (Å²) in [5.74, 6) is 0.494. The van der Waals surface area contributed by atoms with Crippen LogP contribution in [0.25, 0.3) is 10.9 Å². The highest BCUT2D eigenvalue weighted by Gasteiger charge is 2.21. The fourth-order valence-corrected chi connectivity index (χ4v) is 5.35. The lowest BCUT2D eigenvalue weighted by Crippen LogP contribution is -2.28. The van der Waals surface area contributed by atoms with E-state index in [0.29, 0.717) is 32.3 Å². The lowest BCUT2D eigenvalue weighted by Gasteiger charge is -2.17. The number of nitrogens with zero attached hydrogens (tertiary/aromatic N) is 3. The van der Waals surface area contributed by atoms with Crippen molar-refractivity contribution in [2.45, 2.75) is 30.8 Å². The molecule has 2 atom stereocenters. The minimum absolute atomic E-state index is 0.217. The van der Waals surface area contributed by atoms with E-state index in [4.69, 9.17) is 17.3 Å². The quantitative estimate of drug-likeness (QED) is 0.379. The molecular weight excluding hydrogens is 502 g/mol. The molecule has 0 bridgehead atoms. The van der Waals surface area contributed by atoms with Crippen LogP contribution in [-0.4, -0.2) is 39.4 Å². The summed E-state index contributed by atoms with van der Waals surface area (Å²) in [6.07, 6.45) is 2.44. The second-order valence-corrected chi connectivity index (χ2v) is 10.8. The Morgan fingerprint density at radius 1 is 1.35 bits per heavy atom. The van der Waals surface area contributed by atoms with E-state index in [2.05, 4.69) is 31.2 Å². The molecule has 1 saturated heterocycles. The number of aromatic nitrogens is 2. The Bertz CT molecular complexity index is 1220. The fourth-order valence-electron chi connectivity index (χ4n) is 3.75. The zero-order valence-electron chi connectivity index (χ0n) is 17.0. The topological polar surface area (TPSA) is 93.2 Å². The van der Waals surface area contributed by atoms with E-state index in [1.807, 2.05) is 13.0 Å². The minimum Gasteiger partial charge on any atom is -0.326 e. The van der Waals surface area contributed by atoms with E-state index >= 15 is 0 Å². The molecule has 1 aromatic heterocycles. The third-order valence-corrected chi connectivity index (χ3v) is 7.86. The largest absolute Gasteiger partial charge is 0.326 e. The molecule has 1 aliphatic heterocycles. The SMILES string of the molecule is CC[SH+](=O)c1ccc(Cl)cc1Nn1cnc2cc(CN3CCC(N)C3)c(Br)cc2c1=O. The highest BCUT2D eigenvalue weighted by atomic mass is 79.9. The minimum atomic E-state index is -1.59. The van der Waals surface area contributed by atoms with Gasteiger partial charge in [-0.05, 0) is 49.2 Å². The standard InChI is InChI=1S/C21H23BrClN5O2S/c1-2-31(30)20-4-3-14(23)8-19(20)26-28-12-25-18-7-13(10-27-6-5-15(24)11-27)17(22)9-16(18)21(28)29/h3-4,7-9,12,15,26H,2,5-6,10-11,24H2,1H3/p+1. The molecule has 10 heteroatoms. The molecule has 1 fully saturated rings. The van der Waals surface area contributed by atoms with Crippen LogP contribution in [0, 0.1) is 0 Å². The number of nitrogens with two attached hydrogens (primary N) is 1. The van der Waals surface area contributed by atoms with Gasteiger partial charge in [-0.1, -0.05) is 27.5 Å². The Hall–Kier alpha value is -1.78. The van der Waals surface area contributed by atoms with Gasteiger partial charge in [-0.25, -0.2) is 9.66 Å². The number of benzene rings is 2. The average molecular weight is 526 g/mol. The van der Waals surface area contributed by atoms with E-state index in [1.165, 1.54) is 11.0 Å². The zero-order valence-corrected chi connectivity index (χ0v) is 20.3. The summed E-state index contributed by atoms with van der Waals surface area (Å²) >= 11 is 9.73. The lowest BCUT2D eigenvalue weighted by atomic mass is 10.1. The van der Waals surface area contributed by atoms with Crippen molar-refractivity contribution < 1.29 is 4.21 Å². The number of likely N-dealkylation sites (tertiary alicyclic amines) is 1. The number of nitrogens with one attached hydrogen (secondary N) is 1. The van der Waals surface area contributed by atoms with Crippen molar-refractivity contribution in [2.24, 2.45) is 5.73 Å². The average Bonchev–Trinajstić information content (AvgIpc) is 3.15. The van der Waals surface area contributed by atoms with Gasteiger partial charge in [0.05, 0.1) is 10.9 Å². The molecule has 1 aliphatic rings. The predicted octanol–water partition coefficient (Wildman–Crippen LogP) is 3.30. The molecule has 3 N–H and O–H groups in total. The Balaban J connectivity index is 1.68. The molecule has 31 heavy (non-hydrogen) atoms. The first-order valence-corrected chi connectivity index (χ1v) is 12.7. The van der Waals surface area contributed by atoms with Crippen molar-refractivity contribution in [1.29, 1.82) is 0 Å². The van der Waals surface area contributed by atoms with E-state index < -0.39 is 10.8 Å². The summed E-state index contributed by atoms with van der Waals surface area (Å²) in [6, 6.07) is 9.04. The van der Waals surface area contributed by atoms with Gasteiger partial charge in [-0.2, -0.15) is 0 Å². The Morgan fingerprint density at radius 3 is 2.87 bits per heavy atom. The molecule has 2 heterocycles. The van der Waals surface area contributed by atoms with Gasteiger partial charge in [-0.3, -0.25) is 15.1 Å². The first-order valence-electron chi connectivity index (χ1n) is 10.0. The van der Waals surface area contributed by atoms with Gasteiger partial charge in [0.15, 0.2) is 4.90 Å². The van der Waals surface area contributed by atoms with Gasteiger partial charge >= 0.3 is 0 Å². The van der Waals surface area contributed by atoms with Crippen molar-refractivity contribution in [1.82, 2.24) is 14.6 Å². The first kappa shape index (κ1) is 22.4. The number of hydrogen-bond acceptors (Lipinski definition) is 6. The van der Waals surface area contributed by atoms with Gasteiger partial charge < -0.3 is 5.73 Å². The van der Waals surface area contributed by atoms with Crippen LogP contribution in [0.4, 0.5) is 5.69 Å². The van der Waals surface area contributed by atoms with Crippen LogP contribution in [-0.2, 0) is 21.6 Å². The highest BCUT2D eigenvalue weighted by Crippen LogP contribution is 2.26. The molecule has 164 valence electrons. The number of fused-ring (bicyclic) bond motifs is 1. The monoisotopic (exact) mass is 524 g/mol. The van der Waals surface area contributed by atoms with E-state index in [0.717, 1.165) is 36.1 Å². The normalized spacial score (nSPS) is 17.9. The third-order valence-electron chi connectivity index (χ3n) is 5.38. The van der Waals surface area contributed by atoms with Crippen molar-refractivity contribution in [3.8, 4) is 0 Å². The maximum Gasteiger partial charge on any atom is 0.280 e. The Morgan fingerprint density at radius 2 is 2.16 bits per heavy atom. The first-order chi connectivity index (χ1) is 14.9. The van der Waals surface area contributed by atoms with E-state index in [1.54, 1.807) is 24.3 Å². The Labute approximate surface area is 196 Å². The lowest BCUT2D eigenvalue weighted by molar-refractivity contribution is 0.326. The number of halogens is 2. The maximum atomic E-state index is 13.1. The van der Waals surface area contributed by atoms with Crippen LogP contribution in [0.2, 0.25) is 5.02 Å². The van der Waals surface area contributed by atoms with Gasteiger partial charge in [0.2, 0.25) is 0 Å². The maximum absolute atomic E-state index is 13.1. The van der Waals surface area contributed by atoms with Crippen molar-refractivity contribution in [3.05, 3.63) is 62.1 Å². The van der Waals surface area contributed by atoms with E-state index in [9.17, 15) is 9.00 Å². The number of rotatable bonds is 6. The Kier molecular flexibility index (Phi) is 6.78. The molecule has 0 spiro atoms. The number of anilines is 1. The molecule has 0 aliphatic carbocycles. The van der Waals surface area contributed by atoms with Crippen molar-refractivity contribution in [2.75, 3.05) is 24.3 Å². The highest BCUT2D eigenvalue weighted by molar-refractivity contribution is 9.10. The van der Waals surface area contributed by atoms with Gasteiger partial charge in [0, 0.05) is 35.2 Å². The molecule has 0 amide bonds. The van der Waals surface area contributed by atoms with Crippen LogP contribution < -0.4 is 16.7 Å². The van der Waals surface area contributed by atoms with Crippen LogP contribution in [0.15, 0.2) is 50.8 Å². The summed E-state index contributed by atoms with van der Waals surface area (Å²) in [6.45, 7) is 4.44. The van der Waals surface area contributed by atoms with Crippen LogP contribution in [0.5, 0.6) is 0 Å².